The molecule has 0 unspecified atom stereocenters. The molecular formula is C27H22F3N5O3. The molecule has 4 heterocycles. The Morgan fingerprint density at radius 1 is 0.974 bits per heavy atom. The van der Waals surface area contributed by atoms with Crippen LogP contribution in [0, 0.1) is 17.5 Å². The number of nitrogens with zero attached hydrogens (tertiary/aromatic N) is 4. The maximum atomic E-state index is 14.7. The number of benzene rings is 2. The van der Waals surface area contributed by atoms with Gasteiger partial charge in [0.2, 0.25) is 0 Å². The number of carbonyl (C=O) groups is 1. The molecule has 2 aromatic carbocycles. The van der Waals surface area contributed by atoms with Gasteiger partial charge in [-0.15, -0.1) is 0 Å². The highest BCUT2D eigenvalue weighted by Crippen LogP contribution is 2.36. The average molecular weight is 521 g/mol. The van der Waals surface area contributed by atoms with Gasteiger partial charge in [-0.25, -0.2) is 13.2 Å². The Balaban J connectivity index is 1.47. The Bertz CT molecular complexity index is 1540. The smallest absolute Gasteiger partial charge is 0.273 e. The molecule has 38 heavy (non-hydrogen) atoms. The number of nitrogens with one attached hydrogen (secondary N) is 1. The summed E-state index contributed by atoms with van der Waals surface area (Å²) in [5.74, 6) is -3.24. The third kappa shape index (κ3) is 4.24. The summed E-state index contributed by atoms with van der Waals surface area (Å²) in [6.07, 6.45) is 2.79. The number of amides is 1. The topological polar surface area (TPSA) is 79.8 Å². The summed E-state index contributed by atoms with van der Waals surface area (Å²) in [4.78, 5) is 24.3. The van der Waals surface area contributed by atoms with Crippen molar-refractivity contribution < 1.29 is 27.4 Å². The first-order chi connectivity index (χ1) is 18.5. The summed E-state index contributed by atoms with van der Waals surface area (Å²) in [5.41, 5.74) is 4.35. The molecule has 0 aliphatic carbocycles. The van der Waals surface area contributed by atoms with E-state index in [1.54, 1.807) is 11.1 Å². The van der Waals surface area contributed by atoms with Crippen molar-refractivity contribution in [2.75, 3.05) is 49.4 Å². The van der Waals surface area contributed by atoms with Gasteiger partial charge >= 0.3 is 0 Å². The van der Waals surface area contributed by atoms with Gasteiger partial charge in [0.05, 0.1) is 47.9 Å². The summed E-state index contributed by atoms with van der Waals surface area (Å²) in [5, 5.41) is 2.22. The van der Waals surface area contributed by atoms with E-state index in [1.165, 1.54) is 12.4 Å². The molecule has 0 radical (unpaired) electrons. The molecule has 0 atom stereocenters. The standard InChI is InChI=1S/C27H22F3N5O3/c28-16-13-18(23(30)20(29)14-16)25-24-17(5-6-31-25)26(34-7-10-37-11-8-34)19(15-32-24)27(36)33-35-9-12-38-22-4-2-1-3-21(22)35/h1-6,13-15H,7-12H2,(H,33,36). The van der Waals surface area contributed by atoms with Crippen molar-refractivity contribution in [1.82, 2.24) is 15.4 Å². The zero-order chi connectivity index (χ0) is 26.2. The molecule has 2 aliphatic heterocycles. The predicted octanol–water partition coefficient (Wildman–Crippen LogP) is 4.09. The average Bonchev–Trinajstić information content (AvgIpc) is 2.94. The number of anilines is 2. The van der Waals surface area contributed by atoms with E-state index in [9.17, 15) is 18.0 Å². The van der Waals surface area contributed by atoms with Crippen LogP contribution >= 0.6 is 0 Å². The molecule has 1 fully saturated rings. The number of carbonyl (C=O) groups excluding carboxylic acids is 1. The minimum absolute atomic E-state index is 0.0259. The van der Waals surface area contributed by atoms with Crippen LogP contribution in [0.25, 0.3) is 22.2 Å². The molecule has 0 bridgehead atoms. The van der Waals surface area contributed by atoms with E-state index < -0.39 is 23.4 Å². The lowest BCUT2D eigenvalue weighted by molar-refractivity contribution is 0.0943. The SMILES string of the molecule is O=C(NN1CCOc2ccccc21)c1cnc2c(-c3cc(F)cc(F)c3F)nccc2c1N1CCOCC1. The molecule has 2 aromatic heterocycles. The minimum atomic E-state index is -1.33. The number of pyridine rings is 2. The van der Waals surface area contributed by atoms with Gasteiger partial charge in [0.15, 0.2) is 11.6 Å². The Hall–Kier alpha value is -4.38. The van der Waals surface area contributed by atoms with Gasteiger partial charge in [-0.1, -0.05) is 12.1 Å². The van der Waals surface area contributed by atoms with Gasteiger partial charge < -0.3 is 14.4 Å². The third-order valence-electron chi connectivity index (χ3n) is 6.54. The van der Waals surface area contributed by atoms with E-state index >= 15 is 0 Å². The molecular weight excluding hydrogens is 499 g/mol. The van der Waals surface area contributed by atoms with Crippen LogP contribution in [0.5, 0.6) is 5.75 Å². The van der Waals surface area contributed by atoms with Crippen LogP contribution in [0.1, 0.15) is 10.4 Å². The maximum absolute atomic E-state index is 14.7. The molecule has 1 saturated heterocycles. The number of rotatable bonds is 4. The molecule has 8 nitrogen and oxygen atoms in total. The van der Waals surface area contributed by atoms with E-state index in [-0.39, 0.29) is 22.3 Å². The fraction of sp³-hybridized carbons (Fsp3) is 0.222. The largest absolute Gasteiger partial charge is 0.489 e. The van der Waals surface area contributed by atoms with E-state index in [0.29, 0.717) is 62.3 Å². The van der Waals surface area contributed by atoms with Crippen LogP contribution in [0.3, 0.4) is 0 Å². The summed E-state index contributed by atoms with van der Waals surface area (Å²) < 4.78 is 54.0. The first-order valence-electron chi connectivity index (χ1n) is 12.1. The normalized spacial score (nSPS) is 15.2. The quantitative estimate of drug-likeness (QED) is 0.405. The molecule has 1 amide bonds. The second-order valence-electron chi connectivity index (χ2n) is 8.83. The zero-order valence-corrected chi connectivity index (χ0v) is 20.1. The Morgan fingerprint density at radius 3 is 2.63 bits per heavy atom. The van der Waals surface area contributed by atoms with Crippen molar-refractivity contribution in [2.45, 2.75) is 0 Å². The van der Waals surface area contributed by atoms with Crippen molar-refractivity contribution in [3.05, 3.63) is 77.9 Å². The number of fused-ring (bicyclic) bond motifs is 2. The lowest BCUT2D eigenvalue weighted by atomic mass is 10.0. The van der Waals surface area contributed by atoms with Crippen LogP contribution in [0.15, 0.2) is 54.9 Å². The van der Waals surface area contributed by atoms with Crippen LogP contribution in [-0.4, -0.2) is 55.3 Å². The van der Waals surface area contributed by atoms with E-state index in [0.717, 1.165) is 11.8 Å². The first kappa shape index (κ1) is 24.0. The van der Waals surface area contributed by atoms with Crippen molar-refractivity contribution in [2.24, 2.45) is 0 Å². The number of ether oxygens (including phenoxy) is 2. The van der Waals surface area contributed by atoms with E-state index in [2.05, 4.69) is 15.4 Å². The second-order valence-corrected chi connectivity index (χ2v) is 8.83. The number of aromatic nitrogens is 2. The summed E-state index contributed by atoms with van der Waals surface area (Å²) in [6, 6.07) is 10.4. The van der Waals surface area contributed by atoms with Crippen LogP contribution < -0.4 is 20.1 Å². The second kappa shape index (κ2) is 9.82. The van der Waals surface area contributed by atoms with Gasteiger partial charge in [0.25, 0.3) is 5.91 Å². The molecule has 0 saturated carbocycles. The molecule has 6 rings (SSSR count). The molecule has 194 valence electrons. The zero-order valence-electron chi connectivity index (χ0n) is 20.1. The maximum Gasteiger partial charge on any atom is 0.273 e. The lowest BCUT2D eigenvalue weighted by Gasteiger charge is -2.33. The highest BCUT2D eigenvalue weighted by Gasteiger charge is 2.27. The third-order valence-corrected chi connectivity index (χ3v) is 6.54. The monoisotopic (exact) mass is 521 g/mol. The van der Waals surface area contributed by atoms with Gasteiger partial charge in [-0.3, -0.25) is 25.2 Å². The van der Waals surface area contributed by atoms with Gasteiger partial charge in [0.1, 0.15) is 18.2 Å². The molecule has 11 heteroatoms. The highest BCUT2D eigenvalue weighted by molar-refractivity contribution is 6.10. The number of morpholine rings is 1. The first-order valence-corrected chi connectivity index (χ1v) is 12.1. The van der Waals surface area contributed by atoms with Gasteiger partial charge in [-0.2, -0.15) is 0 Å². The summed E-state index contributed by atoms with van der Waals surface area (Å²) in [7, 11) is 0. The highest BCUT2D eigenvalue weighted by atomic mass is 19.2. The number of para-hydroxylation sites is 2. The predicted molar refractivity (Wildman–Crippen MR) is 135 cm³/mol. The number of hydrazine groups is 1. The Kier molecular flexibility index (Phi) is 6.20. The summed E-state index contributed by atoms with van der Waals surface area (Å²) in [6.45, 7) is 2.73. The number of hydrogen-bond donors (Lipinski definition) is 1. The van der Waals surface area contributed by atoms with Crippen LogP contribution in [-0.2, 0) is 4.74 Å². The fourth-order valence-corrected chi connectivity index (χ4v) is 4.80. The molecule has 1 N–H and O–H groups in total. The Labute approximate surface area is 215 Å². The van der Waals surface area contributed by atoms with Gasteiger partial charge in [-0.05, 0) is 24.3 Å². The number of hydrogen-bond acceptors (Lipinski definition) is 7. The number of halogens is 3. The molecule has 2 aliphatic rings. The lowest BCUT2D eigenvalue weighted by Crippen LogP contribution is -2.47. The minimum Gasteiger partial charge on any atom is -0.489 e. The molecule has 4 aromatic rings. The van der Waals surface area contributed by atoms with Crippen molar-refractivity contribution in [3.8, 4) is 17.0 Å². The van der Waals surface area contributed by atoms with E-state index in [1.807, 2.05) is 29.2 Å². The van der Waals surface area contributed by atoms with Gasteiger partial charge in [0, 0.05) is 42.5 Å². The summed E-state index contributed by atoms with van der Waals surface area (Å²) >= 11 is 0. The fourth-order valence-electron chi connectivity index (χ4n) is 4.80. The van der Waals surface area contributed by atoms with Crippen molar-refractivity contribution >= 4 is 28.2 Å². The molecule has 0 spiro atoms. The van der Waals surface area contributed by atoms with Crippen LogP contribution in [0.2, 0.25) is 0 Å². The van der Waals surface area contributed by atoms with Crippen LogP contribution in [0.4, 0.5) is 24.5 Å². The van der Waals surface area contributed by atoms with Crippen molar-refractivity contribution in [1.29, 1.82) is 0 Å². The van der Waals surface area contributed by atoms with E-state index in [4.69, 9.17) is 9.47 Å². The van der Waals surface area contributed by atoms with Crippen molar-refractivity contribution in [3.63, 3.8) is 0 Å². The Morgan fingerprint density at radius 2 is 1.79 bits per heavy atom.